The maximum Gasteiger partial charge on any atom is 0.314 e. The molecular formula is C13H11N3O2. The molecule has 0 fully saturated rings. The van der Waals surface area contributed by atoms with Gasteiger partial charge in [-0.2, -0.15) is 9.78 Å². The molecule has 2 N–H and O–H groups in total. The summed E-state index contributed by atoms with van der Waals surface area (Å²) in [4.78, 5) is 12.2. The average molecular weight is 241 g/mol. The van der Waals surface area contributed by atoms with Gasteiger partial charge >= 0.3 is 5.91 Å². The molecule has 0 amide bonds. The van der Waals surface area contributed by atoms with Crippen LogP contribution in [0.15, 0.2) is 40.9 Å². The first-order chi connectivity index (χ1) is 8.66. The predicted octanol–water partition coefficient (Wildman–Crippen LogP) is 2.21. The van der Waals surface area contributed by atoms with E-state index in [1.807, 2.05) is 24.3 Å². The number of aromatic nitrogens is 2. The van der Waals surface area contributed by atoms with Gasteiger partial charge in [0.05, 0.1) is 17.6 Å². The topological polar surface area (TPSA) is 74.0 Å². The number of fused-ring (bicyclic) bond motifs is 1. The smallest absolute Gasteiger partial charge is 0.314 e. The molecule has 0 atom stereocenters. The van der Waals surface area contributed by atoms with Crippen LogP contribution in [0, 0.1) is 6.92 Å². The highest BCUT2D eigenvalue weighted by atomic mass is 16.3. The molecule has 0 aliphatic carbocycles. The number of rotatable bonds is 1. The molecule has 3 aromatic rings. The molecule has 0 spiro atoms. The Hall–Kier alpha value is -2.56. The van der Waals surface area contributed by atoms with Gasteiger partial charge in [0.2, 0.25) is 0 Å². The number of carbonyl (C=O) groups is 1. The van der Waals surface area contributed by atoms with Crippen LogP contribution in [-0.2, 0) is 0 Å². The lowest BCUT2D eigenvalue weighted by molar-refractivity contribution is 0.0917. The Kier molecular flexibility index (Phi) is 2.19. The molecule has 0 aliphatic heterocycles. The molecule has 18 heavy (non-hydrogen) atoms. The average Bonchev–Trinajstić information content (AvgIpc) is 2.94. The molecule has 2 aromatic heterocycles. The molecular weight excluding hydrogens is 230 g/mol. The van der Waals surface area contributed by atoms with E-state index >= 15 is 0 Å². The van der Waals surface area contributed by atoms with Crippen molar-refractivity contribution in [2.75, 3.05) is 5.73 Å². The first-order valence-electron chi connectivity index (χ1n) is 5.50. The van der Waals surface area contributed by atoms with Crippen molar-refractivity contribution in [2.24, 2.45) is 0 Å². The van der Waals surface area contributed by atoms with E-state index in [0.29, 0.717) is 17.0 Å². The van der Waals surface area contributed by atoms with Crippen molar-refractivity contribution in [3.63, 3.8) is 0 Å². The summed E-state index contributed by atoms with van der Waals surface area (Å²) in [6.07, 6.45) is 1.45. The normalized spacial score (nSPS) is 10.9. The fourth-order valence-corrected chi connectivity index (χ4v) is 1.82. The van der Waals surface area contributed by atoms with E-state index in [4.69, 9.17) is 10.2 Å². The SMILES string of the molecule is Cc1c(N)cnn1C(=O)c1cc2ccccc2o1. The lowest BCUT2D eigenvalue weighted by Crippen LogP contribution is -2.14. The summed E-state index contributed by atoms with van der Waals surface area (Å²) in [7, 11) is 0. The van der Waals surface area contributed by atoms with E-state index in [1.54, 1.807) is 13.0 Å². The summed E-state index contributed by atoms with van der Waals surface area (Å²) in [5.74, 6) is -0.0669. The van der Waals surface area contributed by atoms with E-state index in [0.717, 1.165) is 5.39 Å². The maximum atomic E-state index is 12.2. The zero-order valence-corrected chi connectivity index (χ0v) is 9.75. The molecule has 0 aliphatic rings. The highest BCUT2D eigenvalue weighted by molar-refractivity contribution is 5.97. The number of anilines is 1. The van der Waals surface area contributed by atoms with Crippen LogP contribution in [0.2, 0.25) is 0 Å². The van der Waals surface area contributed by atoms with Crippen LogP contribution in [0.5, 0.6) is 0 Å². The minimum Gasteiger partial charge on any atom is -0.451 e. The van der Waals surface area contributed by atoms with Crippen LogP contribution in [0.4, 0.5) is 5.69 Å². The highest BCUT2D eigenvalue weighted by Gasteiger charge is 2.17. The second kappa shape index (κ2) is 3.73. The molecule has 0 bridgehead atoms. The van der Waals surface area contributed by atoms with Gasteiger partial charge in [-0.05, 0) is 19.1 Å². The summed E-state index contributed by atoms with van der Waals surface area (Å²) in [6.45, 7) is 1.74. The number of furan rings is 1. The van der Waals surface area contributed by atoms with Crippen LogP contribution in [0.25, 0.3) is 11.0 Å². The summed E-state index contributed by atoms with van der Waals surface area (Å²) < 4.78 is 6.74. The van der Waals surface area contributed by atoms with E-state index in [1.165, 1.54) is 10.9 Å². The van der Waals surface area contributed by atoms with Crippen molar-refractivity contribution in [2.45, 2.75) is 6.92 Å². The second-order valence-electron chi connectivity index (χ2n) is 4.05. The molecule has 0 radical (unpaired) electrons. The molecule has 1 aromatic carbocycles. The predicted molar refractivity (Wildman–Crippen MR) is 67.3 cm³/mol. The quantitative estimate of drug-likeness (QED) is 0.708. The Balaban J connectivity index is 2.09. The number of nitrogen functional groups attached to an aromatic ring is 1. The van der Waals surface area contributed by atoms with Crippen LogP contribution in [-0.4, -0.2) is 15.7 Å². The molecule has 3 rings (SSSR count). The number of benzene rings is 1. The first kappa shape index (κ1) is 10.6. The summed E-state index contributed by atoms with van der Waals surface area (Å²) in [5, 5.41) is 4.83. The Morgan fingerprint density at radius 1 is 1.39 bits per heavy atom. The van der Waals surface area contributed by atoms with Gasteiger partial charge in [-0.1, -0.05) is 18.2 Å². The lowest BCUT2D eigenvalue weighted by Gasteiger charge is -1.99. The van der Waals surface area contributed by atoms with E-state index in [2.05, 4.69) is 5.10 Å². The molecule has 0 saturated heterocycles. The Bertz CT molecular complexity index is 707. The molecule has 5 nitrogen and oxygen atoms in total. The molecule has 90 valence electrons. The third kappa shape index (κ3) is 1.48. The van der Waals surface area contributed by atoms with Gasteiger partial charge in [0.15, 0.2) is 5.76 Å². The zero-order chi connectivity index (χ0) is 12.7. The van der Waals surface area contributed by atoms with Gasteiger partial charge in [0.1, 0.15) is 5.58 Å². The second-order valence-corrected chi connectivity index (χ2v) is 4.05. The van der Waals surface area contributed by atoms with Gasteiger partial charge in [0, 0.05) is 5.39 Å². The standard InChI is InChI=1S/C13H11N3O2/c1-8-10(14)7-15-16(8)13(17)12-6-9-4-2-3-5-11(9)18-12/h2-7H,14H2,1H3. The largest absolute Gasteiger partial charge is 0.451 e. The Morgan fingerprint density at radius 2 is 2.17 bits per heavy atom. The third-order valence-corrected chi connectivity index (χ3v) is 2.88. The van der Waals surface area contributed by atoms with Crippen molar-refractivity contribution in [1.29, 1.82) is 0 Å². The molecule has 0 saturated carbocycles. The van der Waals surface area contributed by atoms with E-state index < -0.39 is 0 Å². The maximum absolute atomic E-state index is 12.2. The lowest BCUT2D eigenvalue weighted by atomic mass is 10.2. The molecule has 0 unspecified atom stereocenters. The fourth-order valence-electron chi connectivity index (χ4n) is 1.82. The zero-order valence-electron chi connectivity index (χ0n) is 9.75. The minimum absolute atomic E-state index is 0.252. The van der Waals surface area contributed by atoms with Gasteiger partial charge in [0.25, 0.3) is 0 Å². The van der Waals surface area contributed by atoms with Crippen LogP contribution >= 0.6 is 0 Å². The fraction of sp³-hybridized carbons (Fsp3) is 0.0769. The van der Waals surface area contributed by atoms with Crippen molar-refractivity contribution < 1.29 is 9.21 Å². The van der Waals surface area contributed by atoms with E-state index in [-0.39, 0.29) is 11.7 Å². The first-order valence-corrected chi connectivity index (χ1v) is 5.50. The van der Waals surface area contributed by atoms with Crippen molar-refractivity contribution in [3.05, 3.63) is 48.0 Å². The van der Waals surface area contributed by atoms with Gasteiger partial charge in [-0.25, -0.2) is 0 Å². The number of nitrogens with zero attached hydrogens (tertiary/aromatic N) is 2. The number of para-hydroxylation sites is 1. The van der Waals surface area contributed by atoms with Crippen LogP contribution in [0.3, 0.4) is 0 Å². The summed E-state index contributed by atoms with van der Waals surface area (Å²) in [5.41, 5.74) is 7.44. The number of hydrogen-bond acceptors (Lipinski definition) is 4. The summed E-state index contributed by atoms with van der Waals surface area (Å²) >= 11 is 0. The van der Waals surface area contributed by atoms with Gasteiger partial charge in [-0.3, -0.25) is 4.79 Å². The van der Waals surface area contributed by atoms with E-state index in [9.17, 15) is 4.79 Å². The number of nitrogens with two attached hydrogens (primary N) is 1. The highest BCUT2D eigenvalue weighted by Crippen LogP contribution is 2.20. The number of hydrogen-bond donors (Lipinski definition) is 1. The van der Waals surface area contributed by atoms with Crippen LogP contribution in [0.1, 0.15) is 16.2 Å². The molecule has 5 heteroatoms. The van der Waals surface area contributed by atoms with Crippen molar-refractivity contribution >= 4 is 22.6 Å². The number of carbonyl (C=O) groups excluding carboxylic acids is 1. The van der Waals surface area contributed by atoms with Gasteiger partial charge < -0.3 is 10.2 Å². The van der Waals surface area contributed by atoms with Gasteiger partial charge in [-0.15, -0.1) is 0 Å². The Labute approximate surface area is 103 Å². The molecule has 2 heterocycles. The minimum atomic E-state index is -0.319. The van der Waals surface area contributed by atoms with Crippen molar-refractivity contribution in [1.82, 2.24) is 9.78 Å². The monoisotopic (exact) mass is 241 g/mol. The summed E-state index contributed by atoms with van der Waals surface area (Å²) in [6, 6.07) is 9.16. The van der Waals surface area contributed by atoms with Crippen molar-refractivity contribution in [3.8, 4) is 0 Å². The Morgan fingerprint density at radius 3 is 2.83 bits per heavy atom. The van der Waals surface area contributed by atoms with Crippen LogP contribution < -0.4 is 5.73 Å². The third-order valence-electron chi connectivity index (χ3n) is 2.88.